The first-order valence-corrected chi connectivity index (χ1v) is 15.4. The second-order valence-electron chi connectivity index (χ2n) is 11.6. The fourth-order valence-electron chi connectivity index (χ4n) is 7.57. The van der Waals surface area contributed by atoms with Crippen LogP contribution in [-0.2, 0) is 18.8 Å². The molecule has 0 aliphatic heterocycles. The van der Waals surface area contributed by atoms with Crippen molar-refractivity contribution in [1.29, 1.82) is 5.26 Å². The fourth-order valence-corrected chi connectivity index (χ4v) is 8.56. The molecule has 4 aliphatic carbocycles. The number of ether oxygens (including phenoxy) is 1. The molecule has 0 aromatic carbocycles. The number of fused-ring (bicyclic) bond motifs is 5. The minimum absolute atomic E-state index is 0.0266. The Balaban J connectivity index is 1.63. The Kier molecular flexibility index (Phi) is 5.98. The highest BCUT2D eigenvalue weighted by Gasteiger charge is 2.59. The SMILES string of the molecule is CC(=O)OC1CCC2C3CCC4=CC(=O)CC(C(C#N)O[Si](C)(C)C)C4C3CCC12C. The second kappa shape index (κ2) is 8.15. The fraction of sp³-hybridized carbons (Fsp3) is 0.800. The average Bonchev–Trinajstić information content (AvgIpc) is 3.00. The summed E-state index contributed by atoms with van der Waals surface area (Å²) in [6.45, 7) is 10.2. The topological polar surface area (TPSA) is 76.4 Å². The summed E-state index contributed by atoms with van der Waals surface area (Å²) in [7, 11) is -1.91. The van der Waals surface area contributed by atoms with Crippen LogP contribution in [0.3, 0.4) is 0 Å². The Morgan fingerprint density at radius 2 is 1.97 bits per heavy atom. The molecule has 0 saturated heterocycles. The van der Waals surface area contributed by atoms with E-state index in [-0.39, 0.29) is 35.1 Å². The monoisotopic (exact) mass is 443 g/mol. The lowest BCUT2D eigenvalue weighted by Gasteiger charge is -2.55. The van der Waals surface area contributed by atoms with Crippen molar-refractivity contribution in [3.63, 3.8) is 0 Å². The molecule has 0 bridgehead atoms. The van der Waals surface area contributed by atoms with Gasteiger partial charge in [0.15, 0.2) is 14.1 Å². The van der Waals surface area contributed by atoms with Crippen LogP contribution in [0.25, 0.3) is 0 Å². The molecule has 170 valence electrons. The smallest absolute Gasteiger partial charge is 0.302 e. The first-order chi connectivity index (χ1) is 14.5. The molecule has 3 saturated carbocycles. The van der Waals surface area contributed by atoms with Gasteiger partial charge in [-0.1, -0.05) is 12.5 Å². The molecule has 0 spiro atoms. The molecular formula is C25H37NO4Si. The lowest BCUT2D eigenvalue weighted by molar-refractivity contribution is -0.156. The number of ketones is 1. The van der Waals surface area contributed by atoms with E-state index in [2.05, 4.69) is 32.6 Å². The van der Waals surface area contributed by atoms with Gasteiger partial charge in [-0.2, -0.15) is 5.26 Å². The number of rotatable bonds is 4. The van der Waals surface area contributed by atoms with Gasteiger partial charge < -0.3 is 9.16 Å². The minimum Gasteiger partial charge on any atom is -0.462 e. The van der Waals surface area contributed by atoms with E-state index in [4.69, 9.17) is 9.16 Å². The Hall–Kier alpha value is -1.45. The Labute approximate surface area is 187 Å². The molecule has 3 fully saturated rings. The summed E-state index contributed by atoms with van der Waals surface area (Å²) in [6.07, 6.45) is 8.09. The molecule has 0 N–H and O–H groups in total. The normalized spacial score (nSPS) is 40.6. The third kappa shape index (κ3) is 4.16. The Bertz CT molecular complexity index is 824. The van der Waals surface area contributed by atoms with Crippen LogP contribution in [0.1, 0.15) is 58.8 Å². The minimum atomic E-state index is -1.91. The van der Waals surface area contributed by atoms with E-state index >= 15 is 0 Å². The highest BCUT2D eigenvalue weighted by Crippen LogP contribution is 2.63. The van der Waals surface area contributed by atoms with Gasteiger partial charge in [0.05, 0.1) is 6.07 Å². The van der Waals surface area contributed by atoms with E-state index in [0.717, 1.165) is 38.5 Å². The van der Waals surface area contributed by atoms with Crippen LogP contribution in [-0.4, -0.2) is 32.3 Å². The second-order valence-corrected chi connectivity index (χ2v) is 16.0. The van der Waals surface area contributed by atoms with Crippen LogP contribution in [0.2, 0.25) is 19.6 Å². The average molecular weight is 444 g/mol. The summed E-state index contributed by atoms with van der Waals surface area (Å²) >= 11 is 0. The highest BCUT2D eigenvalue weighted by atomic mass is 28.4. The molecule has 0 aromatic heterocycles. The van der Waals surface area contributed by atoms with Crippen LogP contribution in [0, 0.1) is 46.3 Å². The maximum Gasteiger partial charge on any atom is 0.302 e. The molecule has 31 heavy (non-hydrogen) atoms. The van der Waals surface area contributed by atoms with Crippen molar-refractivity contribution in [2.75, 3.05) is 0 Å². The van der Waals surface area contributed by atoms with Crippen molar-refractivity contribution < 1.29 is 18.8 Å². The lowest BCUT2D eigenvalue weighted by Crippen LogP contribution is -2.52. The van der Waals surface area contributed by atoms with Gasteiger partial charge in [-0.25, -0.2) is 0 Å². The summed E-state index contributed by atoms with van der Waals surface area (Å²) < 4.78 is 12.1. The molecule has 0 heterocycles. The van der Waals surface area contributed by atoms with Gasteiger partial charge in [0.1, 0.15) is 12.2 Å². The van der Waals surface area contributed by atoms with Gasteiger partial charge >= 0.3 is 5.97 Å². The molecule has 0 aromatic rings. The summed E-state index contributed by atoms with van der Waals surface area (Å²) in [4.78, 5) is 24.3. The zero-order valence-electron chi connectivity index (χ0n) is 19.6. The van der Waals surface area contributed by atoms with Crippen molar-refractivity contribution in [2.24, 2.45) is 35.0 Å². The number of hydrogen-bond donors (Lipinski definition) is 0. The van der Waals surface area contributed by atoms with Crippen LogP contribution < -0.4 is 0 Å². The number of nitrogens with zero attached hydrogens (tertiary/aromatic N) is 1. The molecule has 4 aliphatic rings. The first kappa shape index (κ1) is 22.7. The summed E-state index contributed by atoms with van der Waals surface area (Å²) in [5.74, 6) is 1.84. The van der Waals surface area contributed by atoms with Crippen molar-refractivity contribution in [1.82, 2.24) is 0 Å². The number of carbonyl (C=O) groups is 2. The van der Waals surface area contributed by atoms with Gasteiger partial charge in [-0.3, -0.25) is 9.59 Å². The Morgan fingerprint density at radius 3 is 2.61 bits per heavy atom. The van der Waals surface area contributed by atoms with Crippen molar-refractivity contribution in [3.8, 4) is 6.07 Å². The zero-order valence-corrected chi connectivity index (χ0v) is 20.6. The molecular weight excluding hydrogens is 406 g/mol. The van der Waals surface area contributed by atoms with Gasteiger partial charge in [-0.15, -0.1) is 0 Å². The largest absolute Gasteiger partial charge is 0.462 e. The summed E-state index contributed by atoms with van der Waals surface area (Å²) in [6, 6.07) is 2.44. The molecule has 8 unspecified atom stereocenters. The van der Waals surface area contributed by atoms with E-state index in [9.17, 15) is 14.9 Å². The predicted octanol–water partition coefficient (Wildman–Crippen LogP) is 5.03. The lowest BCUT2D eigenvalue weighted by atomic mass is 9.50. The molecule has 0 amide bonds. The highest BCUT2D eigenvalue weighted by molar-refractivity contribution is 6.69. The molecule has 0 radical (unpaired) electrons. The van der Waals surface area contributed by atoms with Gasteiger partial charge in [0, 0.05) is 24.7 Å². The van der Waals surface area contributed by atoms with E-state index in [1.807, 2.05) is 6.08 Å². The summed E-state index contributed by atoms with van der Waals surface area (Å²) in [5, 5.41) is 9.99. The molecule has 5 nitrogen and oxygen atoms in total. The van der Waals surface area contributed by atoms with Crippen molar-refractivity contribution in [2.45, 2.75) is 90.6 Å². The van der Waals surface area contributed by atoms with Crippen LogP contribution in [0.4, 0.5) is 0 Å². The molecule has 4 rings (SSSR count). The number of hydrogen-bond acceptors (Lipinski definition) is 5. The summed E-state index contributed by atoms with van der Waals surface area (Å²) in [5.41, 5.74) is 1.32. The Morgan fingerprint density at radius 1 is 1.23 bits per heavy atom. The number of esters is 1. The maximum absolute atomic E-state index is 12.6. The van der Waals surface area contributed by atoms with Gasteiger partial charge in [-0.05, 0) is 87.9 Å². The van der Waals surface area contributed by atoms with Crippen molar-refractivity contribution in [3.05, 3.63) is 11.6 Å². The van der Waals surface area contributed by atoms with Gasteiger partial charge in [0.25, 0.3) is 0 Å². The van der Waals surface area contributed by atoms with Crippen LogP contribution >= 0.6 is 0 Å². The quantitative estimate of drug-likeness (QED) is 0.450. The molecule has 8 atom stereocenters. The first-order valence-electron chi connectivity index (χ1n) is 12.0. The van der Waals surface area contributed by atoms with E-state index in [1.165, 1.54) is 12.5 Å². The van der Waals surface area contributed by atoms with Crippen LogP contribution in [0.5, 0.6) is 0 Å². The molecule has 6 heteroatoms. The standard InChI is InChI=1S/C25H37NO4Si/c1-15(27)29-23-9-8-21-18-7-6-16-12-17(28)13-20(22(14-26)30-31(3,4)5)24(16)19(18)10-11-25(21,23)2/h12,18-24H,6-11,13H2,1-5H3. The van der Waals surface area contributed by atoms with Crippen LogP contribution in [0.15, 0.2) is 11.6 Å². The van der Waals surface area contributed by atoms with Crippen molar-refractivity contribution >= 4 is 20.1 Å². The van der Waals surface area contributed by atoms with E-state index in [0.29, 0.717) is 24.2 Å². The predicted molar refractivity (Wildman–Crippen MR) is 120 cm³/mol. The van der Waals surface area contributed by atoms with E-state index < -0.39 is 14.4 Å². The third-order valence-electron chi connectivity index (χ3n) is 8.61. The van der Waals surface area contributed by atoms with E-state index in [1.54, 1.807) is 0 Å². The maximum atomic E-state index is 12.6. The zero-order chi connectivity index (χ0) is 22.6. The number of nitriles is 1. The third-order valence-corrected chi connectivity index (χ3v) is 9.57. The number of carbonyl (C=O) groups excluding carboxylic acids is 2. The van der Waals surface area contributed by atoms with Gasteiger partial charge in [0.2, 0.25) is 0 Å². The number of allylic oxidation sites excluding steroid dienone is 1.